The second-order valence-electron chi connectivity index (χ2n) is 5.32. The fourth-order valence-electron chi connectivity index (χ4n) is 2.30. The Labute approximate surface area is 130 Å². The standard InChI is InChI=1S/C12H20N2O4S3/c1-10-3-4-12(19-10)21(17,18)13-9-11-5-7-14(8-6-11)20(2,15)16/h3-4,11,13H,5-9H2,1-2H3. The van der Waals surface area contributed by atoms with Crippen molar-refractivity contribution in [3.05, 3.63) is 17.0 Å². The zero-order chi connectivity index (χ0) is 15.7. The first-order valence-electron chi connectivity index (χ1n) is 6.70. The minimum Gasteiger partial charge on any atom is -0.213 e. The van der Waals surface area contributed by atoms with Crippen molar-refractivity contribution in [1.82, 2.24) is 9.03 Å². The minimum absolute atomic E-state index is 0.179. The van der Waals surface area contributed by atoms with Gasteiger partial charge in [0.05, 0.1) is 6.26 Å². The van der Waals surface area contributed by atoms with E-state index in [2.05, 4.69) is 4.72 Å². The molecule has 0 amide bonds. The first-order valence-corrected chi connectivity index (χ1v) is 10.8. The molecule has 1 N–H and O–H groups in total. The van der Waals surface area contributed by atoms with Crippen molar-refractivity contribution < 1.29 is 16.8 Å². The first kappa shape index (κ1) is 16.9. The largest absolute Gasteiger partial charge is 0.250 e. The first-order chi connectivity index (χ1) is 9.68. The van der Waals surface area contributed by atoms with Gasteiger partial charge in [0.15, 0.2) is 0 Å². The SMILES string of the molecule is Cc1ccc(S(=O)(=O)NCC2CCN(S(C)(=O)=O)CC2)s1. The highest BCUT2D eigenvalue weighted by atomic mass is 32.2. The molecule has 2 heterocycles. The molecule has 1 aliphatic heterocycles. The molecule has 0 saturated carbocycles. The lowest BCUT2D eigenvalue weighted by Crippen LogP contribution is -2.40. The molecule has 0 spiro atoms. The molecule has 0 bridgehead atoms. The van der Waals surface area contributed by atoms with Crippen LogP contribution in [-0.4, -0.2) is 47.0 Å². The molecular formula is C12H20N2O4S3. The Bertz CT molecular complexity index is 686. The van der Waals surface area contributed by atoms with Gasteiger partial charge in [0.2, 0.25) is 20.0 Å². The zero-order valence-electron chi connectivity index (χ0n) is 12.1. The van der Waals surface area contributed by atoms with E-state index < -0.39 is 20.0 Å². The molecule has 120 valence electrons. The Kier molecular flexibility index (Phi) is 5.09. The van der Waals surface area contributed by atoms with Crippen molar-refractivity contribution in [1.29, 1.82) is 0 Å². The molecule has 1 aromatic heterocycles. The van der Waals surface area contributed by atoms with Crippen LogP contribution in [0.1, 0.15) is 17.7 Å². The van der Waals surface area contributed by atoms with E-state index in [1.54, 1.807) is 12.1 Å². The van der Waals surface area contributed by atoms with Crippen LogP contribution in [0.25, 0.3) is 0 Å². The number of rotatable bonds is 5. The van der Waals surface area contributed by atoms with Crippen molar-refractivity contribution in [2.24, 2.45) is 5.92 Å². The van der Waals surface area contributed by atoms with Crippen molar-refractivity contribution in [2.45, 2.75) is 24.0 Å². The third-order valence-corrected chi connectivity index (χ3v) is 7.80. The number of thiophene rings is 1. The third-order valence-electron chi connectivity index (χ3n) is 3.59. The van der Waals surface area contributed by atoms with E-state index in [9.17, 15) is 16.8 Å². The summed E-state index contributed by atoms with van der Waals surface area (Å²) < 4.78 is 51.4. The Balaban J connectivity index is 1.88. The smallest absolute Gasteiger partial charge is 0.213 e. The van der Waals surface area contributed by atoms with E-state index in [0.717, 1.165) is 4.88 Å². The monoisotopic (exact) mass is 352 g/mol. The summed E-state index contributed by atoms with van der Waals surface area (Å²) in [6.45, 7) is 3.15. The summed E-state index contributed by atoms with van der Waals surface area (Å²) in [5, 5.41) is 0. The lowest BCUT2D eigenvalue weighted by atomic mass is 9.99. The quantitative estimate of drug-likeness (QED) is 0.857. The average molecular weight is 353 g/mol. The minimum atomic E-state index is -3.44. The van der Waals surface area contributed by atoms with Crippen LogP contribution in [-0.2, 0) is 20.0 Å². The number of nitrogens with one attached hydrogen (secondary N) is 1. The van der Waals surface area contributed by atoms with Crippen molar-refractivity contribution in [2.75, 3.05) is 25.9 Å². The van der Waals surface area contributed by atoms with Gasteiger partial charge < -0.3 is 0 Å². The van der Waals surface area contributed by atoms with Gasteiger partial charge in [0.1, 0.15) is 4.21 Å². The van der Waals surface area contributed by atoms with Gasteiger partial charge in [0, 0.05) is 24.5 Å². The van der Waals surface area contributed by atoms with Gasteiger partial charge in [-0.1, -0.05) is 0 Å². The second-order valence-corrected chi connectivity index (χ2v) is 10.6. The molecule has 1 aromatic rings. The van der Waals surface area contributed by atoms with E-state index in [0.29, 0.717) is 36.7 Å². The van der Waals surface area contributed by atoms with Crippen molar-refractivity contribution >= 4 is 31.4 Å². The Morgan fingerprint density at radius 2 is 1.86 bits per heavy atom. The van der Waals surface area contributed by atoms with Gasteiger partial charge >= 0.3 is 0 Å². The van der Waals surface area contributed by atoms with E-state index in [-0.39, 0.29) is 5.92 Å². The maximum absolute atomic E-state index is 12.1. The fourth-order valence-corrected chi connectivity index (χ4v) is 5.62. The summed E-state index contributed by atoms with van der Waals surface area (Å²) in [6.07, 6.45) is 2.56. The molecular weight excluding hydrogens is 332 g/mol. The predicted octanol–water partition coefficient (Wildman–Crippen LogP) is 1.01. The van der Waals surface area contributed by atoms with Crippen LogP contribution in [0.3, 0.4) is 0 Å². The van der Waals surface area contributed by atoms with Crippen molar-refractivity contribution in [3.8, 4) is 0 Å². The number of nitrogens with zero attached hydrogens (tertiary/aromatic N) is 1. The molecule has 0 aromatic carbocycles. The third kappa shape index (κ3) is 4.49. The molecule has 1 saturated heterocycles. The number of piperidine rings is 1. The molecule has 2 rings (SSSR count). The maximum Gasteiger partial charge on any atom is 0.250 e. The van der Waals surface area contributed by atoms with Gasteiger partial charge in [-0.2, -0.15) is 0 Å². The molecule has 21 heavy (non-hydrogen) atoms. The molecule has 1 aliphatic rings. The maximum atomic E-state index is 12.1. The lowest BCUT2D eigenvalue weighted by Gasteiger charge is -2.30. The summed E-state index contributed by atoms with van der Waals surface area (Å²) in [4.78, 5) is 0.955. The van der Waals surface area contributed by atoms with Gasteiger partial charge in [0.25, 0.3) is 0 Å². The molecule has 1 fully saturated rings. The average Bonchev–Trinajstić information content (AvgIpc) is 2.83. The summed E-state index contributed by atoms with van der Waals surface area (Å²) in [5.41, 5.74) is 0. The van der Waals surface area contributed by atoms with E-state index in [1.165, 1.54) is 21.9 Å². The summed E-state index contributed by atoms with van der Waals surface area (Å²) in [6, 6.07) is 3.39. The summed E-state index contributed by atoms with van der Waals surface area (Å²) >= 11 is 1.25. The summed E-state index contributed by atoms with van der Waals surface area (Å²) in [5.74, 6) is 0.179. The highest BCUT2D eigenvalue weighted by Crippen LogP contribution is 2.22. The Morgan fingerprint density at radius 1 is 1.24 bits per heavy atom. The number of sulfonamides is 2. The van der Waals surface area contributed by atoms with Crippen LogP contribution in [0, 0.1) is 12.8 Å². The summed E-state index contributed by atoms with van der Waals surface area (Å²) in [7, 11) is -6.58. The number of aryl methyl sites for hydroxylation is 1. The number of hydrogen-bond acceptors (Lipinski definition) is 5. The van der Waals surface area contributed by atoms with Crippen LogP contribution in [0.5, 0.6) is 0 Å². The molecule has 0 radical (unpaired) electrons. The highest BCUT2D eigenvalue weighted by molar-refractivity contribution is 7.91. The fraction of sp³-hybridized carbons (Fsp3) is 0.667. The van der Waals surface area contributed by atoms with E-state index >= 15 is 0 Å². The van der Waals surface area contributed by atoms with Crippen molar-refractivity contribution in [3.63, 3.8) is 0 Å². The van der Waals surface area contributed by atoms with Gasteiger partial charge in [-0.25, -0.2) is 25.9 Å². The topological polar surface area (TPSA) is 83.6 Å². The van der Waals surface area contributed by atoms with Gasteiger partial charge in [-0.05, 0) is 37.8 Å². The van der Waals surface area contributed by atoms with Gasteiger partial charge in [-0.15, -0.1) is 11.3 Å². The lowest BCUT2D eigenvalue weighted by molar-refractivity contribution is 0.275. The van der Waals surface area contributed by atoms with Crippen LogP contribution in [0.4, 0.5) is 0 Å². The molecule has 0 atom stereocenters. The molecule has 6 nitrogen and oxygen atoms in total. The second kappa shape index (κ2) is 6.33. The zero-order valence-corrected chi connectivity index (χ0v) is 14.5. The molecule has 0 unspecified atom stereocenters. The number of hydrogen-bond donors (Lipinski definition) is 1. The van der Waals surface area contributed by atoms with Crippen LogP contribution < -0.4 is 4.72 Å². The normalized spacial score (nSPS) is 19.0. The Hall–Kier alpha value is -0.480. The highest BCUT2D eigenvalue weighted by Gasteiger charge is 2.26. The predicted molar refractivity (Wildman–Crippen MR) is 83.4 cm³/mol. The molecule has 0 aliphatic carbocycles. The van der Waals surface area contributed by atoms with E-state index in [1.807, 2.05) is 6.92 Å². The van der Waals surface area contributed by atoms with E-state index in [4.69, 9.17) is 0 Å². The van der Waals surface area contributed by atoms with Crippen LogP contribution in [0.2, 0.25) is 0 Å². The van der Waals surface area contributed by atoms with Gasteiger partial charge in [-0.3, -0.25) is 0 Å². The molecule has 9 heteroatoms. The Morgan fingerprint density at radius 3 is 2.33 bits per heavy atom. The van der Waals surface area contributed by atoms with Crippen LogP contribution in [0.15, 0.2) is 16.3 Å². The van der Waals surface area contributed by atoms with Crippen LogP contribution >= 0.6 is 11.3 Å².